The predicted molar refractivity (Wildman–Crippen MR) is 115 cm³/mol. The van der Waals surface area contributed by atoms with Gasteiger partial charge < -0.3 is 26.8 Å². The van der Waals surface area contributed by atoms with E-state index in [0.717, 1.165) is 47.7 Å². The van der Waals surface area contributed by atoms with E-state index in [0.29, 0.717) is 18.6 Å². The molecule has 1 heterocycles. The van der Waals surface area contributed by atoms with Crippen molar-refractivity contribution in [3.8, 4) is 11.8 Å². The first kappa shape index (κ1) is 20.2. The van der Waals surface area contributed by atoms with Gasteiger partial charge in [-0.2, -0.15) is 0 Å². The molecule has 2 aliphatic rings. The van der Waals surface area contributed by atoms with Gasteiger partial charge in [-0.3, -0.25) is 0 Å². The summed E-state index contributed by atoms with van der Waals surface area (Å²) in [5, 5.41) is 6.46. The number of rotatable bonds is 7. The van der Waals surface area contributed by atoms with Crippen molar-refractivity contribution in [2.75, 3.05) is 19.7 Å². The van der Waals surface area contributed by atoms with Crippen molar-refractivity contribution in [2.45, 2.75) is 45.1 Å². The Kier molecular flexibility index (Phi) is 7.27. The zero-order valence-corrected chi connectivity index (χ0v) is 16.8. The van der Waals surface area contributed by atoms with Crippen LogP contribution in [0.1, 0.15) is 48.8 Å². The van der Waals surface area contributed by atoms with Gasteiger partial charge >= 0.3 is 0 Å². The molecular formula is C23H32N4O. The van der Waals surface area contributed by atoms with E-state index in [1.54, 1.807) is 0 Å². The van der Waals surface area contributed by atoms with Gasteiger partial charge in [0, 0.05) is 42.4 Å². The number of hydrogen-bond donors (Lipinski definition) is 4. The molecule has 0 radical (unpaired) electrons. The highest BCUT2D eigenvalue weighted by Crippen LogP contribution is 2.33. The van der Waals surface area contributed by atoms with E-state index >= 15 is 0 Å². The fourth-order valence-electron chi connectivity index (χ4n) is 3.31. The molecule has 1 aromatic carbocycles. The van der Waals surface area contributed by atoms with E-state index in [1.807, 2.05) is 24.5 Å². The summed E-state index contributed by atoms with van der Waals surface area (Å²) >= 11 is 0. The van der Waals surface area contributed by atoms with Crippen LogP contribution in [-0.4, -0.2) is 25.8 Å². The first-order chi connectivity index (χ1) is 13.6. The van der Waals surface area contributed by atoms with E-state index < -0.39 is 0 Å². The lowest BCUT2D eigenvalue weighted by atomic mass is 10.0. The van der Waals surface area contributed by atoms with Gasteiger partial charge in [0.05, 0.1) is 18.3 Å². The van der Waals surface area contributed by atoms with Crippen molar-refractivity contribution in [1.82, 2.24) is 10.6 Å². The van der Waals surface area contributed by atoms with E-state index in [1.165, 1.54) is 25.7 Å². The van der Waals surface area contributed by atoms with Gasteiger partial charge in [0.25, 0.3) is 0 Å². The lowest BCUT2D eigenvalue weighted by Crippen LogP contribution is -2.29. The van der Waals surface area contributed by atoms with Gasteiger partial charge in [-0.05, 0) is 62.6 Å². The number of nitrogens with two attached hydrogens (primary N) is 2. The largest absolute Gasteiger partial charge is 0.401 e. The predicted octanol–water partition coefficient (Wildman–Crippen LogP) is 2.56. The first-order valence-corrected chi connectivity index (χ1v) is 10.2. The summed E-state index contributed by atoms with van der Waals surface area (Å²) < 4.78 is 5.72. The Hall–Kier alpha value is -2.58. The number of ether oxygens (including phenoxy) is 1. The van der Waals surface area contributed by atoms with Gasteiger partial charge in [-0.1, -0.05) is 17.9 Å². The molecule has 2 fully saturated rings. The average Bonchev–Trinajstić information content (AvgIpc) is 3.54. The Morgan fingerprint density at radius 2 is 2.04 bits per heavy atom. The lowest BCUT2D eigenvalue weighted by Gasteiger charge is -2.22. The molecule has 1 aliphatic heterocycles. The average molecular weight is 381 g/mol. The van der Waals surface area contributed by atoms with Crippen LogP contribution in [0.5, 0.6) is 0 Å². The number of hydrogen-bond acceptors (Lipinski definition) is 5. The molecule has 1 saturated carbocycles. The quantitative estimate of drug-likeness (QED) is 0.432. The Morgan fingerprint density at radius 1 is 1.18 bits per heavy atom. The fourth-order valence-corrected chi connectivity index (χ4v) is 3.31. The minimum atomic E-state index is 0.291. The molecule has 1 saturated heterocycles. The Bertz CT molecular complexity index is 778. The maximum Gasteiger partial charge on any atom is 0.0765 e. The molecule has 3 rings (SSSR count). The molecule has 5 nitrogen and oxygen atoms in total. The number of benzene rings is 1. The molecule has 1 aliphatic carbocycles. The second-order valence-corrected chi connectivity index (χ2v) is 7.63. The fraction of sp³-hybridized carbons (Fsp3) is 0.478. The van der Waals surface area contributed by atoms with E-state index in [9.17, 15) is 0 Å². The van der Waals surface area contributed by atoms with Crippen LogP contribution in [0.25, 0.3) is 5.70 Å². The molecule has 150 valence electrons. The molecule has 0 aromatic heterocycles. The van der Waals surface area contributed by atoms with E-state index in [-0.39, 0.29) is 0 Å². The third-order valence-electron chi connectivity index (χ3n) is 5.16. The van der Waals surface area contributed by atoms with Gasteiger partial charge in [0.2, 0.25) is 0 Å². The normalized spacial score (nSPS) is 20.2. The van der Waals surface area contributed by atoms with Crippen molar-refractivity contribution in [3.05, 3.63) is 53.0 Å². The standard InChI is InChI=1S/C23H32N4O/c1-17-13-18(5-4-11-26-15-22(24)19-8-9-19)7-10-21(17)23(25)16-27-14-20-6-2-3-12-28-20/h7,10,13,15-16,19-20,26-27H,2-3,6,8-9,11-12,14,24-25H2,1H3/b22-15-,23-16-. The molecule has 0 amide bonds. The van der Waals surface area contributed by atoms with Crippen molar-refractivity contribution in [2.24, 2.45) is 17.4 Å². The zero-order chi connectivity index (χ0) is 19.8. The van der Waals surface area contributed by atoms with Gasteiger partial charge in [0.15, 0.2) is 0 Å². The van der Waals surface area contributed by atoms with Gasteiger partial charge in [-0.25, -0.2) is 0 Å². The topological polar surface area (TPSA) is 85.3 Å². The Balaban J connectivity index is 1.49. The molecule has 6 N–H and O–H groups in total. The lowest BCUT2D eigenvalue weighted by molar-refractivity contribution is 0.0188. The van der Waals surface area contributed by atoms with Crippen LogP contribution < -0.4 is 22.1 Å². The second-order valence-electron chi connectivity index (χ2n) is 7.63. The molecule has 28 heavy (non-hydrogen) atoms. The van der Waals surface area contributed by atoms with Crippen molar-refractivity contribution in [3.63, 3.8) is 0 Å². The summed E-state index contributed by atoms with van der Waals surface area (Å²) in [4.78, 5) is 0. The Labute approximate surface area is 168 Å². The first-order valence-electron chi connectivity index (χ1n) is 10.2. The van der Waals surface area contributed by atoms with Crippen molar-refractivity contribution < 1.29 is 4.74 Å². The summed E-state index contributed by atoms with van der Waals surface area (Å²) in [5.74, 6) is 6.89. The monoisotopic (exact) mass is 380 g/mol. The molecule has 1 unspecified atom stereocenters. The van der Waals surface area contributed by atoms with Crippen LogP contribution in [0.15, 0.2) is 36.3 Å². The maximum atomic E-state index is 6.25. The number of nitrogens with one attached hydrogen (secondary N) is 2. The summed E-state index contributed by atoms with van der Waals surface area (Å²) in [6.07, 6.45) is 10.0. The van der Waals surface area contributed by atoms with E-state index in [2.05, 4.69) is 35.5 Å². The highest BCUT2D eigenvalue weighted by atomic mass is 16.5. The van der Waals surface area contributed by atoms with Crippen LogP contribution >= 0.6 is 0 Å². The smallest absolute Gasteiger partial charge is 0.0765 e. The molecule has 0 bridgehead atoms. The van der Waals surface area contributed by atoms with Crippen LogP contribution in [0.3, 0.4) is 0 Å². The molecule has 1 atom stereocenters. The zero-order valence-electron chi connectivity index (χ0n) is 16.8. The summed E-state index contributed by atoms with van der Waals surface area (Å²) in [6.45, 7) is 4.31. The summed E-state index contributed by atoms with van der Waals surface area (Å²) in [5.41, 5.74) is 17.0. The maximum absolute atomic E-state index is 6.25. The SMILES string of the molecule is Cc1cc(C#CCN/C=C(\N)C2CC2)ccc1/C(N)=C/NCC1CCCCO1. The molecule has 5 heteroatoms. The summed E-state index contributed by atoms with van der Waals surface area (Å²) in [7, 11) is 0. The molecule has 1 aromatic rings. The van der Waals surface area contributed by atoms with E-state index in [4.69, 9.17) is 16.2 Å². The molecule has 0 spiro atoms. The third-order valence-corrected chi connectivity index (χ3v) is 5.16. The number of aryl methyl sites for hydroxylation is 1. The third kappa shape index (κ3) is 6.24. The molecular weight excluding hydrogens is 348 g/mol. The van der Waals surface area contributed by atoms with Crippen LogP contribution in [0.4, 0.5) is 0 Å². The Morgan fingerprint density at radius 3 is 2.75 bits per heavy atom. The highest BCUT2D eigenvalue weighted by Gasteiger charge is 2.23. The van der Waals surface area contributed by atoms with Crippen molar-refractivity contribution in [1.29, 1.82) is 0 Å². The van der Waals surface area contributed by atoms with Crippen LogP contribution in [-0.2, 0) is 4.74 Å². The minimum Gasteiger partial charge on any atom is -0.401 e. The summed E-state index contributed by atoms with van der Waals surface area (Å²) in [6, 6.07) is 6.11. The van der Waals surface area contributed by atoms with Crippen molar-refractivity contribution >= 4 is 5.70 Å². The second kappa shape index (κ2) is 10.1. The van der Waals surface area contributed by atoms with Crippen LogP contribution in [0.2, 0.25) is 0 Å². The highest BCUT2D eigenvalue weighted by molar-refractivity contribution is 5.66. The van der Waals surface area contributed by atoms with Gasteiger partial charge in [-0.15, -0.1) is 0 Å². The van der Waals surface area contributed by atoms with Crippen LogP contribution in [0, 0.1) is 24.7 Å². The minimum absolute atomic E-state index is 0.291. The van der Waals surface area contributed by atoms with Gasteiger partial charge in [0.1, 0.15) is 0 Å². The number of allylic oxidation sites excluding steroid dienone is 1.